The zero-order chi connectivity index (χ0) is 10.7. The van der Waals surface area contributed by atoms with Crippen LogP contribution in [0.15, 0.2) is 30.5 Å². The highest BCUT2D eigenvalue weighted by Crippen LogP contribution is 2.09. The summed E-state index contributed by atoms with van der Waals surface area (Å²) in [6.45, 7) is 0. The predicted octanol–water partition coefficient (Wildman–Crippen LogP) is 2.19. The van der Waals surface area contributed by atoms with Gasteiger partial charge in [0, 0.05) is 12.3 Å². The average molecular weight is 226 g/mol. The van der Waals surface area contributed by atoms with Gasteiger partial charge in [-0.15, -0.1) is 16.7 Å². The molecule has 2 rings (SSSR count). The fraction of sp³-hybridized carbons (Fsp3) is 0.200. The van der Waals surface area contributed by atoms with E-state index in [2.05, 4.69) is 10.3 Å². The number of nitrogens with zero attached hydrogens (tertiary/aromatic N) is 3. The molecule has 0 aliphatic heterocycles. The van der Waals surface area contributed by atoms with E-state index in [0.29, 0.717) is 18.0 Å². The molecule has 0 amide bonds. The first-order chi connectivity index (χ1) is 7.29. The molecule has 0 atom stereocenters. The monoisotopic (exact) mass is 225 g/mol. The number of aryl methyl sites for hydroxylation is 1. The normalized spacial score (nSPS) is 10.5. The molecule has 0 spiro atoms. The molecule has 0 bridgehead atoms. The summed E-state index contributed by atoms with van der Waals surface area (Å²) in [6.07, 6.45) is 2.41. The molecule has 1 heterocycles. The van der Waals surface area contributed by atoms with Crippen LogP contribution in [0.25, 0.3) is 5.69 Å². The van der Waals surface area contributed by atoms with Crippen molar-refractivity contribution in [2.45, 2.75) is 6.42 Å². The third-order valence-electron chi connectivity index (χ3n) is 1.96. The van der Waals surface area contributed by atoms with Gasteiger partial charge in [0.1, 0.15) is 5.82 Å². The van der Waals surface area contributed by atoms with Crippen molar-refractivity contribution in [3.8, 4) is 5.69 Å². The maximum atomic E-state index is 12.9. The van der Waals surface area contributed by atoms with Crippen LogP contribution in [0.3, 0.4) is 0 Å². The molecule has 1 aromatic carbocycles. The first-order valence-corrected chi connectivity index (χ1v) is 5.06. The number of benzene rings is 1. The largest absolute Gasteiger partial charge is 0.220 e. The third kappa shape index (κ3) is 2.33. The summed E-state index contributed by atoms with van der Waals surface area (Å²) < 4.78 is 14.5. The minimum atomic E-state index is -0.290. The Morgan fingerprint density at radius 1 is 1.40 bits per heavy atom. The molecule has 3 nitrogen and oxygen atoms in total. The van der Waals surface area contributed by atoms with Crippen molar-refractivity contribution in [1.82, 2.24) is 15.0 Å². The summed E-state index contributed by atoms with van der Waals surface area (Å²) in [5.41, 5.74) is 1.46. The van der Waals surface area contributed by atoms with Crippen molar-refractivity contribution >= 4 is 11.6 Å². The lowest BCUT2D eigenvalue weighted by Gasteiger charge is -1.98. The zero-order valence-electron chi connectivity index (χ0n) is 7.90. The summed E-state index contributed by atoms with van der Waals surface area (Å²) in [6, 6.07) is 6.19. The lowest BCUT2D eigenvalue weighted by Crippen LogP contribution is -1.94. The van der Waals surface area contributed by atoms with E-state index in [4.69, 9.17) is 11.6 Å². The van der Waals surface area contributed by atoms with Crippen molar-refractivity contribution in [3.05, 3.63) is 42.0 Å². The summed E-state index contributed by atoms with van der Waals surface area (Å²) in [7, 11) is 0. The Hall–Kier alpha value is -1.42. The van der Waals surface area contributed by atoms with Gasteiger partial charge in [-0.1, -0.05) is 11.3 Å². The van der Waals surface area contributed by atoms with Crippen LogP contribution in [0, 0.1) is 5.82 Å². The number of hydrogen-bond acceptors (Lipinski definition) is 2. The minimum absolute atomic E-state index is 0.290. The van der Waals surface area contributed by atoms with Crippen LogP contribution in [0.1, 0.15) is 5.69 Å². The SMILES string of the molecule is Fc1cccc(-n2cc(CCCl)nn2)c1. The molecule has 0 N–H and O–H groups in total. The lowest BCUT2D eigenvalue weighted by molar-refractivity contribution is 0.625. The highest BCUT2D eigenvalue weighted by molar-refractivity contribution is 6.17. The van der Waals surface area contributed by atoms with Crippen molar-refractivity contribution in [2.75, 3.05) is 5.88 Å². The number of alkyl halides is 1. The Morgan fingerprint density at radius 2 is 2.27 bits per heavy atom. The van der Waals surface area contributed by atoms with Crippen LogP contribution in [0.5, 0.6) is 0 Å². The molecule has 15 heavy (non-hydrogen) atoms. The van der Waals surface area contributed by atoms with Gasteiger partial charge >= 0.3 is 0 Å². The van der Waals surface area contributed by atoms with E-state index < -0.39 is 0 Å². The molecule has 0 unspecified atom stereocenters. The van der Waals surface area contributed by atoms with Crippen LogP contribution >= 0.6 is 11.6 Å². The molecule has 1 aromatic heterocycles. The first kappa shape index (κ1) is 10.1. The van der Waals surface area contributed by atoms with Gasteiger partial charge in [-0.05, 0) is 18.2 Å². The molecule has 0 fully saturated rings. The van der Waals surface area contributed by atoms with E-state index in [9.17, 15) is 4.39 Å². The molecular weight excluding hydrogens is 217 g/mol. The average Bonchev–Trinajstić information content (AvgIpc) is 2.67. The van der Waals surface area contributed by atoms with Crippen molar-refractivity contribution < 1.29 is 4.39 Å². The van der Waals surface area contributed by atoms with Gasteiger partial charge in [-0.25, -0.2) is 9.07 Å². The molecule has 0 aliphatic rings. The van der Waals surface area contributed by atoms with Gasteiger partial charge in [0.2, 0.25) is 0 Å². The van der Waals surface area contributed by atoms with Crippen LogP contribution in [-0.4, -0.2) is 20.9 Å². The fourth-order valence-electron chi connectivity index (χ4n) is 1.25. The second-order valence-corrected chi connectivity index (χ2v) is 3.45. The summed E-state index contributed by atoms with van der Waals surface area (Å²) in [5, 5.41) is 7.81. The zero-order valence-corrected chi connectivity index (χ0v) is 8.65. The van der Waals surface area contributed by atoms with E-state index in [-0.39, 0.29) is 5.82 Å². The quantitative estimate of drug-likeness (QED) is 0.750. The topological polar surface area (TPSA) is 30.7 Å². The highest BCUT2D eigenvalue weighted by Gasteiger charge is 2.02. The Kier molecular flexibility index (Phi) is 2.97. The standard InChI is InChI=1S/C10H9ClFN3/c11-5-4-9-7-15(14-13-9)10-3-1-2-8(12)6-10/h1-3,6-7H,4-5H2. The van der Waals surface area contributed by atoms with Gasteiger partial charge < -0.3 is 0 Å². The molecule has 0 radical (unpaired) electrons. The van der Waals surface area contributed by atoms with E-state index in [0.717, 1.165) is 5.69 Å². The predicted molar refractivity (Wildman–Crippen MR) is 55.7 cm³/mol. The minimum Gasteiger partial charge on any atom is -0.220 e. The molecule has 0 saturated heterocycles. The van der Waals surface area contributed by atoms with E-state index >= 15 is 0 Å². The third-order valence-corrected chi connectivity index (χ3v) is 2.15. The van der Waals surface area contributed by atoms with Crippen molar-refractivity contribution in [1.29, 1.82) is 0 Å². The Labute approximate surface area is 91.5 Å². The molecule has 2 aromatic rings. The van der Waals surface area contributed by atoms with Gasteiger partial charge in [0.25, 0.3) is 0 Å². The second-order valence-electron chi connectivity index (χ2n) is 3.07. The summed E-state index contributed by atoms with van der Waals surface area (Å²) in [5.74, 6) is 0.212. The van der Waals surface area contributed by atoms with Crippen molar-refractivity contribution in [2.24, 2.45) is 0 Å². The van der Waals surface area contributed by atoms with Gasteiger partial charge in [0.15, 0.2) is 0 Å². The van der Waals surface area contributed by atoms with E-state index in [1.54, 1.807) is 18.3 Å². The van der Waals surface area contributed by atoms with Crippen LogP contribution in [0.2, 0.25) is 0 Å². The van der Waals surface area contributed by atoms with Gasteiger partial charge in [-0.2, -0.15) is 0 Å². The highest BCUT2D eigenvalue weighted by atomic mass is 35.5. The number of aromatic nitrogens is 3. The van der Waals surface area contributed by atoms with Gasteiger partial charge in [0.05, 0.1) is 17.6 Å². The summed E-state index contributed by atoms with van der Waals surface area (Å²) >= 11 is 5.58. The maximum Gasteiger partial charge on any atom is 0.125 e. The molecule has 5 heteroatoms. The fourth-order valence-corrected chi connectivity index (χ4v) is 1.45. The first-order valence-electron chi connectivity index (χ1n) is 4.53. The maximum absolute atomic E-state index is 12.9. The Bertz CT molecular complexity index is 455. The Morgan fingerprint density at radius 3 is 3.00 bits per heavy atom. The van der Waals surface area contributed by atoms with E-state index in [1.807, 2.05) is 0 Å². The molecular formula is C10H9ClFN3. The van der Waals surface area contributed by atoms with E-state index in [1.165, 1.54) is 16.8 Å². The van der Waals surface area contributed by atoms with Crippen molar-refractivity contribution in [3.63, 3.8) is 0 Å². The smallest absolute Gasteiger partial charge is 0.125 e. The number of halogens is 2. The summed E-state index contributed by atoms with van der Waals surface area (Å²) in [4.78, 5) is 0. The van der Waals surface area contributed by atoms with Crippen LogP contribution in [0.4, 0.5) is 4.39 Å². The van der Waals surface area contributed by atoms with Crippen LogP contribution in [-0.2, 0) is 6.42 Å². The number of rotatable bonds is 3. The molecule has 78 valence electrons. The van der Waals surface area contributed by atoms with Crippen LogP contribution < -0.4 is 0 Å². The van der Waals surface area contributed by atoms with Gasteiger partial charge in [-0.3, -0.25) is 0 Å². The molecule has 0 aliphatic carbocycles. The number of hydrogen-bond donors (Lipinski definition) is 0. The lowest BCUT2D eigenvalue weighted by atomic mass is 10.3. The second kappa shape index (κ2) is 4.40. The molecule has 0 saturated carbocycles. The Balaban J connectivity index is 2.29.